The lowest BCUT2D eigenvalue weighted by atomic mass is 9.33. The van der Waals surface area contributed by atoms with E-state index in [1.54, 1.807) is 5.57 Å². The van der Waals surface area contributed by atoms with E-state index in [1.165, 1.54) is 32.1 Å². The number of aliphatic hydroxyl groups excluding tert-OH is 1. The molecule has 5 aliphatic rings. The highest BCUT2D eigenvalue weighted by atomic mass is 16.3. The van der Waals surface area contributed by atoms with Gasteiger partial charge in [-0.1, -0.05) is 67.0 Å². The van der Waals surface area contributed by atoms with Gasteiger partial charge < -0.3 is 5.11 Å². The summed E-state index contributed by atoms with van der Waals surface area (Å²) in [5.41, 5.74) is 2.51. The van der Waals surface area contributed by atoms with E-state index in [4.69, 9.17) is 0 Å². The summed E-state index contributed by atoms with van der Waals surface area (Å²) in [4.78, 5) is 12.9. The molecule has 180 valence electrons. The molecule has 0 radical (unpaired) electrons. The maximum Gasteiger partial charge on any atom is 0.138 e. The Morgan fingerprint density at radius 2 is 1.53 bits per heavy atom. The van der Waals surface area contributed by atoms with Gasteiger partial charge in [-0.3, -0.25) is 4.79 Å². The normalized spacial score (nSPS) is 53.9. The highest BCUT2D eigenvalue weighted by Crippen LogP contribution is 2.75. The van der Waals surface area contributed by atoms with Crippen LogP contribution in [0, 0.1) is 50.2 Å². The van der Waals surface area contributed by atoms with Crippen molar-refractivity contribution >= 4 is 5.78 Å². The van der Waals surface area contributed by atoms with Crippen LogP contribution in [0.4, 0.5) is 0 Å². The summed E-state index contributed by atoms with van der Waals surface area (Å²) in [5, 5.41) is 11.3. The van der Waals surface area contributed by atoms with Crippen LogP contribution in [0.2, 0.25) is 0 Å². The topological polar surface area (TPSA) is 37.3 Å². The SMILES string of the molecule is CC1(C)C[C@@H](O)[C@]2(C)CC[C@]3(C)C(=CC[C@@H]4[C@@]5(C)CCC(=O)C(C)(C)[C@@H]5CC[C@]43C)[C@@H]2C1. The van der Waals surface area contributed by atoms with Crippen molar-refractivity contribution in [3.63, 3.8) is 0 Å². The minimum Gasteiger partial charge on any atom is -0.393 e. The average Bonchev–Trinajstić information content (AvgIpc) is 2.67. The van der Waals surface area contributed by atoms with E-state index in [1.807, 2.05) is 0 Å². The Kier molecular flexibility index (Phi) is 4.71. The summed E-state index contributed by atoms with van der Waals surface area (Å²) in [7, 11) is 0. The van der Waals surface area contributed by atoms with E-state index in [-0.39, 0.29) is 38.6 Å². The van der Waals surface area contributed by atoms with Crippen molar-refractivity contribution < 1.29 is 9.90 Å². The third-order valence-electron chi connectivity index (χ3n) is 12.9. The maximum absolute atomic E-state index is 12.9. The molecule has 2 heteroatoms. The third kappa shape index (κ3) is 2.65. The number of Topliss-reactive ketones (excluding diaryl/α,β-unsaturated/α-hetero) is 1. The fourth-order valence-corrected chi connectivity index (χ4v) is 10.5. The number of aliphatic hydroxyl groups is 1. The molecule has 32 heavy (non-hydrogen) atoms. The van der Waals surface area contributed by atoms with Crippen LogP contribution in [0.1, 0.15) is 113 Å². The molecule has 1 N–H and O–H groups in total. The largest absolute Gasteiger partial charge is 0.393 e. The summed E-state index contributed by atoms with van der Waals surface area (Å²) in [6, 6.07) is 0. The minimum absolute atomic E-state index is 0.0322. The molecule has 0 aromatic rings. The molecule has 5 rings (SSSR count). The Morgan fingerprint density at radius 3 is 2.22 bits per heavy atom. The van der Waals surface area contributed by atoms with Crippen molar-refractivity contribution in [3.8, 4) is 0 Å². The van der Waals surface area contributed by atoms with E-state index in [2.05, 4.69) is 61.5 Å². The second-order valence-electron chi connectivity index (χ2n) is 15.1. The second kappa shape index (κ2) is 6.52. The quantitative estimate of drug-likeness (QED) is 0.400. The summed E-state index contributed by atoms with van der Waals surface area (Å²) in [6.07, 6.45) is 12.4. The zero-order valence-electron chi connectivity index (χ0n) is 22.1. The highest BCUT2D eigenvalue weighted by molar-refractivity contribution is 5.85. The summed E-state index contributed by atoms with van der Waals surface area (Å²) in [5.74, 6) is 2.17. The molecule has 0 bridgehead atoms. The Hall–Kier alpha value is -0.630. The number of hydrogen-bond acceptors (Lipinski definition) is 2. The van der Waals surface area contributed by atoms with Crippen molar-refractivity contribution in [1.29, 1.82) is 0 Å². The first-order valence-electron chi connectivity index (χ1n) is 13.5. The smallest absolute Gasteiger partial charge is 0.138 e. The van der Waals surface area contributed by atoms with Gasteiger partial charge >= 0.3 is 0 Å². The molecule has 4 fully saturated rings. The van der Waals surface area contributed by atoms with E-state index in [9.17, 15) is 9.90 Å². The van der Waals surface area contributed by atoms with E-state index in [0.29, 0.717) is 23.5 Å². The van der Waals surface area contributed by atoms with Gasteiger partial charge in [-0.2, -0.15) is 0 Å². The first-order valence-corrected chi connectivity index (χ1v) is 13.5. The molecular weight excluding hydrogens is 392 g/mol. The Balaban J connectivity index is 1.59. The number of carbonyl (C=O) groups is 1. The standard InChI is InChI=1S/C30H48O2/c1-25(2)17-20-19-9-10-22-28(6)13-12-23(31)26(3,4)21(28)11-14-30(22,8)29(19,7)16-15-27(20,5)24(32)18-25/h9,20-22,24,32H,10-18H2,1-8H3/t20-,21-,22+,24+,27+,28-,29+,30+/m0/s1. The number of fused-ring (bicyclic) bond motifs is 7. The van der Waals surface area contributed by atoms with E-state index < -0.39 is 0 Å². The van der Waals surface area contributed by atoms with E-state index in [0.717, 1.165) is 25.7 Å². The Morgan fingerprint density at radius 1 is 0.844 bits per heavy atom. The van der Waals surface area contributed by atoms with Crippen LogP contribution in [0.5, 0.6) is 0 Å². The lowest BCUT2D eigenvalue weighted by molar-refractivity contribution is -0.190. The molecule has 2 nitrogen and oxygen atoms in total. The molecule has 0 aromatic heterocycles. The number of rotatable bonds is 0. The van der Waals surface area contributed by atoms with Gasteiger partial charge in [0.05, 0.1) is 6.10 Å². The van der Waals surface area contributed by atoms with Crippen molar-refractivity contribution in [1.82, 2.24) is 0 Å². The summed E-state index contributed by atoms with van der Waals surface area (Å²) < 4.78 is 0. The van der Waals surface area contributed by atoms with Crippen molar-refractivity contribution in [3.05, 3.63) is 11.6 Å². The monoisotopic (exact) mass is 440 g/mol. The molecule has 0 amide bonds. The number of hydrogen-bond donors (Lipinski definition) is 1. The van der Waals surface area contributed by atoms with Crippen LogP contribution in [0.15, 0.2) is 11.6 Å². The van der Waals surface area contributed by atoms with Gasteiger partial charge in [0, 0.05) is 17.3 Å². The van der Waals surface area contributed by atoms with Gasteiger partial charge in [0.25, 0.3) is 0 Å². The van der Waals surface area contributed by atoms with Crippen molar-refractivity contribution in [2.75, 3.05) is 0 Å². The number of carbonyl (C=O) groups excluding carboxylic acids is 1. The maximum atomic E-state index is 12.9. The molecule has 5 aliphatic carbocycles. The predicted octanol–water partition coefficient (Wildman–Crippen LogP) is 7.35. The zero-order chi connectivity index (χ0) is 23.5. The lowest BCUT2D eigenvalue weighted by Gasteiger charge is -2.71. The van der Waals surface area contributed by atoms with Crippen molar-refractivity contribution in [2.45, 2.75) is 119 Å². The van der Waals surface area contributed by atoms with Gasteiger partial charge in [-0.15, -0.1) is 0 Å². The van der Waals surface area contributed by atoms with Gasteiger partial charge in [-0.05, 0) is 90.8 Å². The van der Waals surface area contributed by atoms with Gasteiger partial charge in [0.15, 0.2) is 0 Å². The third-order valence-corrected chi connectivity index (χ3v) is 12.9. The molecule has 0 spiro atoms. The predicted molar refractivity (Wildman–Crippen MR) is 131 cm³/mol. The Labute approximate surface area is 197 Å². The first kappa shape index (κ1) is 23.1. The van der Waals surface area contributed by atoms with Crippen LogP contribution < -0.4 is 0 Å². The van der Waals surface area contributed by atoms with Crippen LogP contribution in [0.3, 0.4) is 0 Å². The van der Waals surface area contributed by atoms with Crippen LogP contribution in [-0.4, -0.2) is 17.0 Å². The highest BCUT2D eigenvalue weighted by Gasteiger charge is 2.68. The van der Waals surface area contributed by atoms with E-state index >= 15 is 0 Å². The molecule has 0 unspecified atom stereocenters. The summed E-state index contributed by atoms with van der Waals surface area (Å²) >= 11 is 0. The van der Waals surface area contributed by atoms with Crippen LogP contribution >= 0.6 is 0 Å². The molecule has 4 saturated carbocycles. The molecule has 0 aromatic carbocycles. The fourth-order valence-electron chi connectivity index (χ4n) is 10.5. The number of allylic oxidation sites excluding steroid dienone is 2. The first-order chi connectivity index (χ1) is 14.6. The van der Waals surface area contributed by atoms with Crippen molar-refractivity contribution in [2.24, 2.45) is 50.2 Å². The van der Waals surface area contributed by atoms with Crippen LogP contribution in [0.25, 0.3) is 0 Å². The Bertz CT molecular complexity index is 866. The zero-order valence-corrected chi connectivity index (χ0v) is 22.1. The lowest BCUT2D eigenvalue weighted by Crippen LogP contribution is -2.64. The fraction of sp³-hybridized carbons (Fsp3) is 0.900. The molecule has 0 saturated heterocycles. The second-order valence-corrected chi connectivity index (χ2v) is 15.1. The molecular formula is C30H48O2. The minimum atomic E-state index is -0.189. The number of ketones is 1. The summed E-state index contributed by atoms with van der Waals surface area (Å²) in [6.45, 7) is 19.4. The van der Waals surface area contributed by atoms with Crippen LogP contribution in [-0.2, 0) is 4.79 Å². The van der Waals surface area contributed by atoms with Gasteiger partial charge in [-0.25, -0.2) is 0 Å². The van der Waals surface area contributed by atoms with Gasteiger partial charge in [0.2, 0.25) is 0 Å². The van der Waals surface area contributed by atoms with Gasteiger partial charge in [0.1, 0.15) is 5.78 Å². The molecule has 0 aliphatic heterocycles. The average molecular weight is 441 g/mol. The molecule has 0 heterocycles. The molecule has 8 atom stereocenters.